The molecule has 0 radical (unpaired) electrons. The molecule has 1 aromatic heterocycles. The molecule has 1 fully saturated rings. The van der Waals surface area contributed by atoms with E-state index in [0.29, 0.717) is 12.0 Å². The van der Waals surface area contributed by atoms with Gasteiger partial charge in [0.1, 0.15) is 0 Å². The summed E-state index contributed by atoms with van der Waals surface area (Å²) in [7, 11) is 0. The summed E-state index contributed by atoms with van der Waals surface area (Å²) in [6, 6.07) is 2.48. The topological polar surface area (TPSA) is 41.3 Å². The maximum Gasteiger partial charge on any atom is 0.227 e. The Morgan fingerprint density at radius 2 is 2.53 bits per heavy atom. The van der Waals surface area contributed by atoms with E-state index in [-0.39, 0.29) is 0 Å². The average molecular weight is 209 g/mol. The number of aromatic nitrogens is 1. The van der Waals surface area contributed by atoms with E-state index in [9.17, 15) is 0 Å². The van der Waals surface area contributed by atoms with Crippen LogP contribution in [0.1, 0.15) is 20.3 Å². The highest BCUT2D eigenvalue weighted by Gasteiger charge is 2.24. The summed E-state index contributed by atoms with van der Waals surface area (Å²) in [6.45, 7) is 7.58. The Morgan fingerprint density at radius 3 is 3.20 bits per heavy atom. The van der Waals surface area contributed by atoms with Crippen LogP contribution in [0.25, 0.3) is 0 Å². The van der Waals surface area contributed by atoms with Crippen LogP contribution in [-0.4, -0.2) is 30.8 Å². The first-order valence-electron chi connectivity index (χ1n) is 5.65. The Balaban J connectivity index is 2.06. The predicted molar refractivity (Wildman–Crippen MR) is 60.0 cm³/mol. The molecule has 15 heavy (non-hydrogen) atoms. The second-order valence-corrected chi connectivity index (χ2v) is 4.53. The predicted octanol–water partition coefficient (Wildman–Crippen LogP) is 1.50. The van der Waals surface area contributed by atoms with Gasteiger partial charge in [0, 0.05) is 31.7 Å². The lowest BCUT2D eigenvalue weighted by molar-refractivity contribution is 0.357. The molecule has 0 saturated carbocycles. The number of hydrogen-bond donors (Lipinski definition) is 1. The largest absolute Gasteiger partial charge is 0.339 e. The van der Waals surface area contributed by atoms with Gasteiger partial charge >= 0.3 is 0 Å². The molecule has 4 nitrogen and oxygen atoms in total. The first-order valence-corrected chi connectivity index (χ1v) is 5.65. The van der Waals surface area contributed by atoms with Crippen molar-refractivity contribution in [3.63, 3.8) is 0 Å². The molecule has 4 heteroatoms. The zero-order valence-corrected chi connectivity index (χ0v) is 9.44. The van der Waals surface area contributed by atoms with Crippen molar-refractivity contribution in [2.45, 2.75) is 26.3 Å². The fraction of sp³-hybridized carbons (Fsp3) is 0.727. The zero-order chi connectivity index (χ0) is 10.7. The second-order valence-electron chi connectivity index (χ2n) is 4.53. The van der Waals surface area contributed by atoms with Gasteiger partial charge in [0.25, 0.3) is 0 Å². The van der Waals surface area contributed by atoms with Crippen LogP contribution in [0.15, 0.2) is 16.8 Å². The average Bonchev–Trinajstić information content (AvgIpc) is 2.70. The molecule has 0 bridgehead atoms. The number of anilines is 1. The van der Waals surface area contributed by atoms with E-state index in [1.165, 1.54) is 6.42 Å². The van der Waals surface area contributed by atoms with Crippen LogP contribution in [0.2, 0.25) is 0 Å². The number of nitrogens with one attached hydrogen (secondary N) is 1. The Kier molecular flexibility index (Phi) is 3.26. The van der Waals surface area contributed by atoms with Gasteiger partial charge in [-0.05, 0) is 12.3 Å². The van der Waals surface area contributed by atoms with Crippen LogP contribution < -0.4 is 10.2 Å². The van der Waals surface area contributed by atoms with Crippen molar-refractivity contribution >= 4 is 5.88 Å². The Bertz CT molecular complexity index is 284. The van der Waals surface area contributed by atoms with Crippen molar-refractivity contribution in [2.75, 3.05) is 24.5 Å². The maximum absolute atomic E-state index is 5.23. The van der Waals surface area contributed by atoms with E-state index in [2.05, 4.69) is 29.2 Å². The van der Waals surface area contributed by atoms with Gasteiger partial charge in [0.05, 0.1) is 6.20 Å². The highest BCUT2D eigenvalue weighted by Crippen LogP contribution is 2.21. The summed E-state index contributed by atoms with van der Waals surface area (Å²) in [6.07, 6.45) is 2.90. The van der Waals surface area contributed by atoms with Gasteiger partial charge < -0.3 is 14.7 Å². The standard InChI is InChI=1S/C11H19N3O/c1-9(2)7-10-8-12-5-6-14(10)11-3-4-13-15-11/h3-4,9-10,12H,5-8H2,1-2H3. The van der Waals surface area contributed by atoms with Crippen LogP contribution >= 0.6 is 0 Å². The fourth-order valence-corrected chi connectivity index (χ4v) is 2.16. The molecule has 0 aromatic carbocycles. The second kappa shape index (κ2) is 4.66. The highest BCUT2D eigenvalue weighted by atomic mass is 16.5. The highest BCUT2D eigenvalue weighted by molar-refractivity contribution is 5.35. The molecule has 2 rings (SSSR count). The van der Waals surface area contributed by atoms with Gasteiger partial charge in [0.2, 0.25) is 5.88 Å². The van der Waals surface area contributed by atoms with E-state index in [1.54, 1.807) is 6.20 Å². The fourth-order valence-electron chi connectivity index (χ4n) is 2.16. The first kappa shape index (κ1) is 10.5. The molecule has 1 unspecified atom stereocenters. The van der Waals surface area contributed by atoms with Crippen molar-refractivity contribution in [3.8, 4) is 0 Å². The zero-order valence-electron chi connectivity index (χ0n) is 9.44. The number of nitrogens with zero attached hydrogens (tertiary/aromatic N) is 2. The van der Waals surface area contributed by atoms with Crippen molar-refractivity contribution in [1.82, 2.24) is 10.5 Å². The van der Waals surface area contributed by atoms with Crippen LogP contribution in [-0.2, 0) is 0 Å². The minimum Gasteiger partial charge on any atom is -0.339 e. The molecule has 1 saturated heterocycles. The summed E-state index contributed by atoms with van der Waals surface area (Å²) in [5.41, 5.74) is 0. The number of hydrogen-bond acceptors (Lipinski definition) is 4. The SMILES string of the molecule is CC(C)CC1CNCCN1c1ccno1. The van der Waals surface area contributed by atoms with Gasteiger partial charge in [-0.2, -0.15) is 0 Å². The normalized spacial score (nSPS) is 22.3. The lowest BCUT2D eigenvalue weighted by atomic mass is 10.0. The van der Waals surface area contributed by atoms with E-state index in [1.807, 2.05) is 6.07 Å². The van der Waals surface area contributed by atoms with Crippen LogP contribution in [0.5, 0.6) is 0 Å². The molecule has 0 spiro atoms. The maximum atomic E-state index is 5.23. The summed E-state index contributed by atoms with van der Waals surface area (Å²) < 4.78 is 5.23. The van der Waals surface area contributed by atoms with Gasteiger partial charge in [-0.15, -0.1) is 0 Å². The molecule has 1 atom stereocenters. The van der Waals surface area contributed by atoms with Gasteiger partial charge in [0.15, 0.2) is 0 Å². The van der Waals surface area contributed by atoms with Crippen molar-refractivity contribution in [3.05, 3.63) is 12.3 Å². The molecule has 0 amide bonds. The molecule has 84 valence electrons. The van der Waals surface area contributed by atoms with Crippen molar-refractivity contribution in [1.29, 1.82) is 0 Å². The molecule has 1 N–H and O–H groups in total. The van der Waals surface area contributed by atoms with E-state index in [0.717, 1.165) is 25.5 Å². The van der Waals surface area contributed by atoms with Crippen molar-refractivity contribution < 1.29 is 4.52 Å². The van der Waals surface area contributed by atoms with Gasteiger partial charge in [-0.3, -0.25) is 0 Å². The number of rotatable bonds is 3. The Labute approximate surface area is 90.6 Å². The Hall–Kier alpha value is -1.03. The van der Waals surface area contributed by atoms with Gasteiger partial charge in [-0.25, -0.2) is 0 Å². The van der Waals surface area contributed by atoms with Crippen LogP contribution in [0.4, 0.5) is 5.88 Å². The quantitative estimate of drug-likeness (QED) is 0.819. The molecule has 1 aliphatic heterocycles. The molecule has 1 aromatic rings. The van der Waals surface area contributed by atoms with Gasteiger partial charge in [-0.1, -0.05) is 19.0 Å². The van der Waals surface area contributed by atoms with Crippen LogP contribution in [0, 0.1) is 5.92 Å². The lowest BCUT2D eigenvalue weighted by Gasteiger charge is -2.36. The minimum absolute atomic E-state index is 0.534. The third-order valence-corrected chi connectivity index (χ3v) is 2.80. The first-order chi connectivity index (χ1) is 7.27. The van der Waals surface area contributed by atoms with E-state index in [4.69, 9.17) is 4.52 Å². The summed E-state index contributed by atoms with van der Waals surface area (Å²) >= 11 is 0. The summed E-state index contributed by atoms with van der Waals surface area (Å²) in [5.74, 6) is 1.61. The smallest absolute Gasteiger partial charge is 0.227 e. The lowest BCUT2D eigenvalue weighted by Crippen LogP contribution is -2.51. The molecular formula is C11H19N3O. The Morgan fingerprint density at radius 1 is 1.67 bits per heavy atom. The number of piperazine rings is 1. The third-order valence-electron chi connectivity index (χ3n) is 2.80. The summed E-state index contributed by atoms with van der Waals surface area (Å²) in [4.78, 5) is 2.32. The molecular weight excluding hydrogens is 190 g/mol. The molecule has 2 heterocycles. The van der Waals surface area contributed by atoms with E-state index >= 15 is 0 Å². The third kappa shape index (κ3) is 2.50. The molecule has 0 aliphatic carbocycles. The van der Waals surface area contributed by atoms with Crippen molar-refractivity contribution in [2.24, 2.45) is 5.92 Å². The monoisotopic (exact) mass is 209 g/mol. The minimum atomic E-state index is 0.534. The van der Waals surface area contributed by atoms with Crippen LogP contribution in [0.3, 0.4) is 0 Å². The van der Waals surface area contributed by atoms with E-state index < -0.39 is 0 Å². The molecule has 1 aliphatic rings. The summed E-state index contributed by atoms with van der Waals surface area (Å²) in [5, 5.41) is 7.20.